The third-order valence-corrected chi connectivity index (χ3v) is 2.58. The second-order valence-electron chi connectivity index (χ2n) is 4.64. The zero-order valence-corrected chi connectivity index (χ0v) is 11.8. The minimum Gasteiger partial charge on any atom is -0.467 e. The highest BCUT2D eigenvalue weighted by Crippen LogP contribution is 2.07. The minimum absolute atomic E-state index is 0.245. The Kier molecular flexibility index (Phi) is 5.90. The van der Waals surface area contributed by atoms with Crippen LogP contribution < -0.4 is 5.32 Å². The molecule has 0 heterocycles. The van der Waals surface area contributed by atoms with Gasteiger partial charge in [0.1, 0.15) is 11.9 Å². The number of carbonyl (C=O) groups excluding carboxylic acids is 2. The van der Waals surface area contributed by atoms with Gasteiger partial charge in [-0.3, -0.25) is 4.79 Å². The molecule has 1 unspecified atom stereocenters. The Morgan fingerprint density at radius 2 is 1.90 bits per heavy atom. The second-order valence-corrected chi connectivity index (χ2v) is 4.64. The Hall–Kier alpha value is -2.17. The van der Waals surface area contributed by atoms with Gasteiger partial charge in [0.25, 0.3) is 0 Å². The quantitative estimate of drug-likeness (QED) is 0.662. The first kappa shape index (κ1) is 15.9. The number of rotatable bonds is 5. The van der Waals surface area contributed by atoms with Gasteiger partial charge < -0.3 is 10.1 Å². The van der Waals surface area contributed by atoms with E-state index in [0.717, 1.165) is 11.1 Å². The van der Waals surface area contributed by atoms with E-state index in [1.165, 1.54) is 25.3 Å². The molecule has 1 atom stereocenters. The number of nitrogens with one attached hydrogen (secondary N) is 1. The van der Waals surface area contributed by atoms with E-state index in [-0.39, 0.29) is 18.1 Å². The van der Waals surface area contributed by atoms with Crippen molar-refractivity contribution in [2.45, 2.75) is 26.3 Å². The van der Waals surface area contributed by atoms with Crippen LogP contribution in [-0.4, -0.2) is 25.0 Å². The Morgan fingerprint density at radius 3 is 2.40 bits per heavy atom. The number of halogens is 1. The summed E-state index contributed by atoms with van der Waals surface area (Å²) in [4.78, 5) is 23.3. The summed E-state index contributed by atoms with van der Waals surface area (Å²) in [5, 5.41) is 2.58. The standard InChI is InChI=1S/C15H18FNO3/c1-10(2)8-14(18)17-13(15(19)20-3)9-11-4-6-12(16)7-5-11/h4-8,13H,9H2,1-3H3,(H,17,18). The number of hydrogen-bond donors (Lipinski definition) is 1. The molecular formula is C15H18FNO3. The van der Waals surface area contributed by atoms with E-state index in [1.54, 1.807) is 26.0 Å². The van der Waals surface area contributed by atoms with Crippen LogP contribution in [0.4, 0.5) is 4.39 Å². The summed E-state index contributed by atoms with van der Waals surface area (Å²) in [5.41, 5.74) is 1.56. The van der Waals surface area contributed by atoms with Gasteiger partial charge in [0.05, 0.1) is 7.11 Å². The van der Waals surface area contributed by atoms with Crippen LogP contribution in [0.3, 0.4) is 0 Å². The second kappa shape index (κ2) is 7.43. The molecular weight excluding hydrogens is 261 g/mol. The Morgan fingerprint density at radius 1 is 1.30 bits per heavy atom. The minimum atomic E-state index is -0.798. The molecule has 1 rings (SSSR count). The van der Waals surface area contributed by atoms with Gasteiger partial charge in [-0.05, 0) is 31.5 Å². The van der Waals surface area contributed by atoms with E-state index in [0.29, 0.717) is 0 Å². The summed E-state index contributed by atoms with van der Waals surface area (Å²) in [5.74, 6) is -1.25. The molecule has 1 aromatic rings. The van der Waals surface area contributed by atoms with Gasteiger partial charge in [-0.2, -0.15) is 0 Å². The monoisotopic (exact) mass is 279 g/mol. The van der Waals surface area contributed by atoms with Crippen LogP contribution in [-0.2, 0) is 20.7 Å². The van der Waals surface area contributed by atoms with Gasteiger partial charge in [-0.1, -0.05) is 17.7 Å². The maximum atomic E-state index is 12.8. The molecule has 0 fully saturated rings. The number of esters is 1. The largest absolute Gasteiger partial charge is 0.467 e. The number of benzene rings is 1. The van der Waals surface area contributed by atoms with Crippen LogP contribution in [0, 0.1) is 5.82 Å². The number of methoxy groups -OCH3 is 1. The molecule has 0 aliphatic heterocycles. The predicted molar refractivity (Wildman–Crippen MR) is 73.5 cm³/mol. The Labute approximate surface area is 117 Å². The van der Waals surface area contributed by atoms with Crippen LogP contribution in [0.5, 0.6) is 0 Å². The first-order valence-electron chi connectivity index (χ1n) is 6.20. The molecule has 20 heavy (non-hydrogen) atoms. The van der Waals surface area contributed by atoms with E-state index in [1.807, 2.05) is 0 Å². The SMILES string of the molecule is COC(=O)C(Cc1ccc(F)cc1)NC(=O)C=C(C)C. The maximum Gasteiger partial charge on any atom is 0.328 e. The molecule has 108 valence electrons. The van der Waals surface area contributed by atoms with Crippen LogP contribution in [0.25, 0.3) is 0 Å². The highest BCUT2D eigenvalue weighted by Gasteiger charge is 2.21. The van der Waals surface area contributed by atoms with Gasteiger partial charge in [-0.15, -0.1) is 0 Å². The Balaban J connectivity index is 2.79. The first-order chi connectivity index (χ1) is 9.42. The van der Waals surface area contributed by atoms with E-state index < -0.39 is 12.0 Å². The first-order valence-corrected chi connectivity index (χ1v) is 6.20. The molecule has 0 radical (unpaired) electrons. The van der Waals surface area contributed by atoms with Crippen molar-refractivity contribution in [3.63, 3.8) is 0 Å². The van der Waals surface area contributed by atoms with Crippen molar-refractivity contribution in [3.8, 4) is 0 Å². The average molecular weight is 279 g/mol. The molecule has 0 spiro atoms. The fourth-order valence-corrected chi connectivity index (χ4v) is 1.67. The van der Waals surface area contributed by atoms with Crippen molar-refractivity contribution in [2.75, 3.05) is 7.11 Å². The van der Waals surface area contributed by atoms with Gasteiger partial charge >= 0.3 is 5.97 Å². The molecule has 5 heteroatoms. The lowest BCUT2D eigenvalue weighted by Crippen LogP contribution is -2.42. The summed E-state index contributed by atoms with van der Waals surface area (Å²) in [7, 11) is 1.26. The third kappa shape index (κ3) is 5.22. The summed E-state index contributed by atoms with van der Waals surface area (Å²) < 4.78 is 17.5. The zero-order chi connectivity index (χ0) is 15.1. The number of hydrogen-bond acceptors (Lipinski definition) is 3. The fraction of sp³-hybridized carbons (Fsp3) is 0.333. The fourth-order valence-electron chi connectivity index (χ4n) is 1.67. The van der Waals surface area contributed by atoms with Crippen molar-refractivity contribution in [1.82, 2.24) is 5.32 Å². The van der Waals surface area contributed by atoms with E-state index in [9.17, 15) is 14.0 Å². The van der Waals surface area contributed by atoms with Crippen LogP contribution in [0.15, 0.2) is 35.9 Å². The summed E-state index contributed by atoms with van der Waals surface area (Å²) in [6, 6.07) is 4.95. The topological polar surface area (TPSA) is 55.4 Å². The molecule has 0 aliphatic rings. The van der Waals surface area contributed by atoms with Gasteiger partial charge in [0.15, 0.2) is 0 Å². The number of carbonyl (C=O) groups is 2. The van der Waals surface area contributed by atoms with Crippen LogP contribution in [0.2, 0.25) is 0 Å². The smallest absolute Gasteiger partial charge is 0.328 e. The number of ether oxygens (including phenoxy) is 1. The molecule has 0 saturated heterocycles. The average Bonchev–Trinajstić information content (AvgIpc) is 2.38. The maximum absolute atomic E-state index is 12.8. The lowest BCUT2D eigenvalue weighted by atomic mass is 10.1. The van der Waals surface area contributed by atoms with Gasteiger partial charge in [0, 0.05) is 12.5 Å². The van der Waals surface area contributed by atoms with E-state index in [4.69, 9.17) is 0 Å². The molecule has 1 N–H and O–H groups in total. The number of amides is 1. The van der Waals surface area contributed by atoms with Crippen molar-refractivity contribution < 1.29 is 18.7 Å². The highest BCUT2D eigenvalue weighted by atomic mass is 19.1. The van der Waals surface area contributed by atoms with Crippen LogP contribution in [0.1, 0.15) is 19.4 Å². The summed E-state index contributed by atoms with van der Waals surface area (Å²) in [6.45, 7) is 3.57. The lowest BCUT2D eigenvalue weighted by Gasteiger charge is -2.15. The Bertz CT molecular complexity index is 504. The number of allylic oxidation sites excluding steroid dienone is 1. The molecule has 1 aromatic carbocycles. The van der Waals surface area contributed by atoms with E-state index >= 15 is 0 Å². The molecule has 0 saturated carbocycles. The third-order valence-electron chi connectivity index (χ3n) is 2.58. The van der Waals surface area contributed by atoms with Crippen molar-refractivity contribution in [1.29, 1.82) is 0 Å². The van der Waals surface area contributed by atoms with Crippen molar-refractivity contribution in [2.24, 2.45) is 0 Å². The van der Waals surface area contributed by atoms with Crippen molar-refractivity contribution in [3.05, 3.63) is 47.3 Å². The normalized spacial score (nSPS) is 11.4. The molecule has 1 amide bonds. The van der Waals surface area contributed by atoms with Gasteiger partial charge in [-0.25, -0.2) is 9.18 Å². The van der Waals surface area contributed by atoms with Crippen LogP contribution >= 0.6 is 0 Å². The summed E-state index contributed by atoms with van der Waals surface area (Å²) >= 11 is 0. The lowest BCUT2D eigenvalue weighted by molar-refractivity contribution is -0.144. The van der Waals surface area contributed by atoms with E-state index in [2.05, 4.69) is 10.1 Å². The predicted octanol–water partition coefficient (Wildman–Crippen LogP) is 1.99. The molecule has 0 bridgehead atoms. The zero-order valence-electron chi connectivity index (χ0n) is 11.8. The molecule has 0 aliphatic carbocycles. The van der Waals surface area contributed by atoms with Gasteiger partial charge in [0.2, 0.25) is 5.91 Å². The summed E-state index contributed by atoms with van der Waals surface area (Å²) in [6.07, 6.45) is 1.65. The molecule has 4 nitrogen and oxygen atoms in total. The highest BCUT2D eigenvalue weighted by molar-refractivity contribution is 5.92. The van der Waals surface area contributed by atoms with Crippen molar-refractivity contribution >= 4 is 11.9 Å². The molecule has 0 aromatic heterocycles.